The van der Waals surface area contributed by atoms with Crippen LogP contribution in [0.25, 0.3) is 0 Å². The lowest BCUT2D eigenvalue weighted by atomic mass is 10.1. The van der Waals surface area contributed by atoms with E-state index in [1.165, 1.54) is 29.2 Å². The highest BCUT2D eigenvalue weighted by Crippen LogP contribution is 2.39. The molecule has 1 aliphatic rings. The summed E-state index contributed by atoms with van der Waals surface area (Å²) in [4.78, 5) is 40.1. The molecule has 1 N–H and O–H groups in total. The molecule has 30 heavy (non-hydrogen) atoms. The van der Waals surface area contributed by atoms with Crippen LogP contribution in [-0.4, -0.2) is 26.9 Å². The second-order valence-corrected chi connectivity index (χ2v) is 6.58. The Kier molecular flexibility index (Phi) is 4.85. The van der Waals surface area contributed by atoms with E-state index in [0.717, 1.165) is 0 Å². The number of rotatable bonds is 5. The summed E-state index contributed by atoms with van der Waals surface area (Å²) in [6, 6.07) is 17.6. The fourth-order valence-corrected chi connectivity index (χ4v) is 3.16. The van der Waals surface area contributed by atoms with Gasteiger partial charge in [0.2, 0.25) is 6.10 Å². The Morgan fingerprint density at radius 2 is 1.80 bits per heavy atom. The molecule has 150 valence electrons. The number of hydrogen-bond donors (Lipinski definition) is 1. The number of anilines is 1. The molecule has 0 saturated heterocycles. The summed E-state index contributed by atoms with van der Waals surface area (Å²) in [5, 5.41) is 20.2. The number of fused-ring (bicyclic) bond motifs is 1. The van der Waals surface area contributed by atoms with E-state index in [1.807, 2.05) is 6.07 Å². The molecule has 0 aliphatic carbocycles. The number of carboxylic acids is 1. The molecule has 4 rings (SSSR count). The van der Waals surface area contributed by atoms with E-state index < -0.39 is 28.7 Å². The van der Waals surface area contributed by atoms with Crippen LogP contribution in [0.1, 0.15) is 27.6 Å². The summed E-state index contributed by atoms with van der Waals surface area (Å²) >= 11 is 0. The molecule has 1 aliphatic heterocycles. The summed E-state index contributed by atoms with van der Waals surface area (Å²) in [7, 11) is 0. The number of nitro groups is 1. The number of aromatic carboxylic acids is 1. The van der Waals surface area contributed by atoms with Gasteiger partial charge < -0.3 is 20.0 Å². The number of hydrogen-bond acceptors (Lipinski definition) is 6. The van der Waals surface area contributed by atoms with Gasteiger partial charge in [-0.2, -0.15) is 0 Å². The first-order valence-corrected chi connectivity index (χ1v) is 8.94. The summed E-state index contributed by atoms with van der Waals surface area (Å²) in [6.45, 7) is 0.0482. The Labute approximate surface area is 170 Å². The van der Waals surface area contributed by atoms with Crippen molar-refractivity contribution in [3.8, 4) is 5.75 Å². The van der Waals surface area contributed by atoms with Crippen LogP contribution in [0.2, 0.25) is 0 Å². The number of pyridine rings is 1. The van der Waals surface area contributed by atoms with Crippen molar-refractivity contribution in [1.29, 1.82) is 0 Å². The van der Waals surface area contributed by atoms with Gasteiger partial charge in [-0.25, -0.2) is 4.79 Å². The molecule has 0 fully saturated rings. The third-order valence-corrected chi connectivity index (χ3v) is 4.65. The largest absolute Gasteiger partial charge is 0.478 e. The zero-order chi connectivity index (χ0) is 21.3. The monoisotopic (exact) mass is 405 g/mol. The van der Waals surface area contributed by atoms with E-state index in [-0.39, 0.29) is 23.7 Å². The molecule has 3 aromatic rings. The quantitative estimate of drug-likeness (QED) is 0.510. The summed E-state index contributed by atoms with van der Waals surface area (Å²) in [6.07, 6.45) is -0.930. The van der Waals surface area contributed by atoms with Crippen LogP contribution in [0.4, 0.5) is 11.6 Å². The molecule has 2 heterocycles. The Balaban J connectivity index is 1.75. The topological polar surface area (TPSA) is 123 Å². The highest BCUT2D eigenvalue weighted by molar-refractivity contribution is 5.99. The Morgan fingerprint density at radius 1 is 1.10 bits per heavy atom. The van der Waals surface area contributed by atoms with Crippen molar-refractivity contribution in [3.63, 3.8) is 0 Å². The molecule has 1 amide bonds. The molecule has 0 radical (unpaired) electrons. The van der Waals surface area contributed by atoms with Crippen LogP contribution in [0.5, 0.6) is 5.75 Å². The number of amides is 1. The van der Waals surface area contributed by atoms with Crippen molar-refractivity contribution < 1.29 is 24.4 Å². The van der Waals surface area contributed by atoms with Gasteiger partial charge in [0, 0.05) is 11.6 Å². The average Bonchev–Trinajstić information content (AvgIpc) is 2.76. The predicted molar refractivity (Wildman–Crippen MR) is 105 cm³/mol. The smallest absolute Gasteiger partial charge is 0.366 e. The molecule has 9 nitrogen and oxygen atoms in total. The van der Waals surface area contributed by atoms with Crippen LogP contribution in [0.15, 0.2) is 66.7 Å². The van der Waals surface area contributed by atoms with E-state index in [9.17, 15) is 19.7 Å². The fraction of sp³-hybridized carbons (Fsp3) is 0.0952. The van der Waals surface area contributed by atoms with Gasteiger partial charge in [0.25, 0.3) is 11.7 Å². The van der Waals surface area contributed by atoms with Gasteiger partial charge in [-0.15, -0.1) is 0 Å². The van der Waals surface area contributed by atoms with E-state index in [1.54, 1.807) is 36.4 Å². The molecule has 0 bridgehead atoms. The van der Waals surface area contributed by atoms with E-state index in [4.69, 9.17) is 9.84 Å². The van der Waals surface area contributed by atoms with Crippen LogP contribution in [0.3, 0.4) is 0 Å². The molecule has 0 saturated carbocycles. The molecule has 0 spiro atoms. The zero-order valence-corrected chi connectivity index (χ0v) is 15.5. The third kappa shape index (κ3) is 3.55. The van der Waals surface area contributed by atoms with Crippen molar-refractivity contribution in [1.82, 2.24) is 4.98 Å². The number of benzene rings is 2. The van der Waals surface area contributed by atoms with Crippen molar-refractivity contribution in [3.05, 3.63) is 93.5 Å². The first kappa shape index (κ1) is 19.1. The Bertz CT molecular complexity index is 1130. The second-order valence-electron chi connectivity index (χ2n) is 6.58. The molecule has 2 aromatic carbocycles. The van der Waals surface area contributed by atoms with E-state index in [2.05, 4.69) is 4.98 Å². The van der Waals surface area contributed by atoms with E-state index >= 15 is 0 Å². The van der Waals surface area contributed by atoms with Gasteiger partial charge in [0.1, 0.15) is 0 Å². The van der Waals surface area contributed by atoms with Gasteiger partial charge in [-0.1, -0.05) is 42.5 Å². The Morgan fingerprint density at radius 3 is 2.43 bits per heavy atom. The average molecular weight is 405 g/mol. The molecule has 1 aromatic heterocycles. The van der Waals surface area contributed by atoms with Crippen molar-refractivity contribution in [2.24, 2.45) is 0 Å². The maximum Gasteiger partial charge on any atom is 0.366 e. The SMILES string of the molecule is O=C(O)c1ccc(CN2C(=O)C(c3ccccc3)Oc3ccc([N+](=O)[O-])nc32)cc1. The highest BCUT2D eigenvalue weighted by atomic mass is 16.6. The molecule has 1 unspecified atom stereocenters. The van der Waals surface area contributed by atoms with Crippen molar-refractivity contribution in [2.75, 3.05) is 4.90 Å². The van der Waals surface area contributed by atoms with Crippen molar-refractivity contribution in [2.45, 2.75) is 12.6 Å². The van der Waals surface area contributed by atoms with Crippen LogP contribution in [-0.2, 0) is 11.3 Å². The number of aromatic nitrogens is 1. The van der Waals surface area contributed by atoms with E-state index in [0.29, 0.717) is 11.1 Å². The lowest BCUT2D eigenvalue weighted by Gasteiger charge is -2.31. The molecule has 9 heteroatoms. The van der Waals surface area contributed by atoms with Gasteiger partial charge in [-0.05, 0) is 33.7 Å². The third-order valence-electron chi connectivity index (χ3n) is 4.65. The number of carbonyl (C=O) groups is 2. The van der Waals surface area contributed by atoms with Gasteiger partial charge >= 0.3 is 11.8 Å². The first-order chi connectivity index (χ1) is 14.4. The van der Waals surface area contributed by atoms with Crippen LogP contribution < -0.4 is 9.64 Å². The molecule has 1 atom stereocenters. The molecular formula is C21H15N3O6. The first-order valence-electron chi connectivity index (χ1n) is 8.94. The van der Waals surface area contributed by atoms with Crippen molar-refractivity contribution >= 4 is 23.5 Å². The predicted octanol–water partition coefficient (Wildman–Crippen LogP) is 3.35. The maximum atomic E-state index is 13.2. The lowest BCUT2D eigenvalue weighted by Crippen LogP contribution is -2.41. The summed E-state index contributed by atoms with van der Waals surface area (Å²) < 4.78 is 5.83. The summed E-state index contributed by atoms with van der Waals surface area (Å²) in [5.74, 6) is -1.60. The second kappa shape index (κ2) is 7.63. The highest BCUT2D eigenvalue weighted by Gasteiger charge is 2.39. The number of carbonyl (C=O) groups excluding carboxylic acids is 1. The normalized spacial score (nSPS) is 15.3. The van der Waals surface area contributed by atoms with Crippen LogP contribution in [0, 0.1) is 10.1 Å². The Hall–Kier alpha value is -4.27. The van der Waals surface area contributed by atoms with Gasteiger partial charge in [0.15, 0.2) is 5.75 Å². The minimum atomic E-state index is -1.06. The zero-order valence-electron chi connectivity index (χ0n) is 15.5. The van der Waals surface area contributed by atoms with Gasteiger partial charge in [0.05, 0.1) is 12.1 Å². The minimum absolute atomic E-state index is 0.0451. The van der Waals surface area contributed by atoms with Gasteiger partial charge in [-0.3, -0.25) is 9.69 Å². The number of nitrogens with zero attached hydrogens (tertiary/aromatic N) is 3. The minimum Gasteiger partial charge on any atom is -0.478 e. The number of ether oxygens (including phenoxy) is 1. The lowest BCUT2D eigenvalue weighted by molar-refractivity contribution is -0.389. The summed E-state index contributed by atoms with van der Waals surface area (Å²) in [5.41, 5.74) is 1.39. The standard InChI is InChI=1S/C21H15N3O6/c25-20-18(14-4-2-1-3-5-14)30-16-10-11-17(24(28)29)22-19(16)23(20)12-13-6-8-15(9-7-13)21(26)27/h1-11,18H,12H2,(H,26,27). The maximum absolute atomic E-state index is 13.2. The number of carboxylic acid groups (broad SMARTS) is 1. The van der Waals surface area contributed by atoms with Crippen LogP contribution >= 0.6 is 0 Å². The fourth-order valence-electron chi connectivity index (χ4n) is 3.16. The molecular weight excluding hydrogens is 390 g/mol.